The van der Waals surface area contributed by atoms with E-state index in [1.807, 2.05) is 4.90 Å². The minimum absolute atomic E-state index is 0.0574. The minimum atomic E-state index is 0.0574. The molecule has 1 aromatic rings. The summed E-state index contributed by atoms with van der Waals surface area (Å²) in [7, 11) is 0. The van der Waals surface area contributed by atoms with E-state index >= 15 is 0 Å². The normalized spacial score (nSPS) is 26.0. The summed E-state index contributed by atoms with van der Waals surface area (Å²) < 4.78 is 10.9. The van der Waals surface area contributed by atoms with Gasteiger partial charge in [-0.1, -0.05) is 30.8 Å². The van der Waals surface area contributed by atoms with Gasteiger partial charge in [-0.3, -0.25) is 9.69 Å². The molecule has 0 aromatic carbocycles. The number of ether oxygens (including phenoxy) is 1. The van der Waals surface area contributed by atoms with Gasteiger partial charge in [0.15, 0.2) is 5.82 Å². The number of morpholine rings is 1. The lowest BCUT2D eigenvalue weighted by molar-refractivity contribution is -0.128. The zero-order chi connectivity index (χ0) is 17.1. The standard InChI is InChI=1S/C18H28N4O3/c23-17-12-15(13-22(17)6-5-21-7-9-24-10-8-21)18-19-16(20-25-18)11-14-3-1-2-4-14/h14-15H,1-13H2. The van der Waals surface area contributed by atoms with Crippen LogP contribution in [-0.4, -0.2) is 71.8 Å². The molecule has 0 bridgehead atoms. The van der Waals surface area contributed by atoms with Crippen LogP contribution < -0.4 is 0 Å². The molecule has 1 unspecified atom stereocenters. The molecule has 0 N–H and O–H groups in total. The van der Waals surface area contributed by atoms with Gasteiger partial charge in [-0.2, -0.15) is 4.98 Å². The highest BCUT2D eigenvalue weighted by Crippen LogP contribution is 2.29. The molecule has 1 atom stereocenters. The van der Waals surface area contributed by atoms with Crippen LogP contribution in [0.25, 0.3) is 0 Å². The van der Waals surface area contributed by atoms with E-state index in [0.717, 1.165) is 51.6 Å². The maximum atomic E-state index is 12.3. The van der Waals surface area contributed by atoms with Crippen molar-refractivity contribution in [2.75, 3.05) is 45.9 Å². The third-order valence-corrected chi connectivity index (χ3v) is 5.78. The molecule has 0 spiro atoms. The monoisotopic (exact) mass is 348 g/mol. The van der Waals surface area contributed by atoms with Crippen LogP contribution in [0, 0.1) is 5.92 Å². The lowest BCUT2D eigenvalue weighted by atomic mass is 10.0. The first-order valence-electron chi connectivity index (χ1n) is 9.68. The van der Waals surface area contributed by atoms with Gasteiger partial charge in [0.25, 0.3) is 0 Å². The lowest BCUT2D eigenvalue weighted by Crippen LogP contribution is -2.41. The maximum absolute atomic E-state index is 12.3. The summed E-state index contributed by atoms with van der Waals surface area (Å²) in [5.41, 5.74) is 0. The molecular formula is C18H28N4O3. The molecule has 0 radical (unpaired) electrons. The smallest absolute Gasteiger partial charge is 0.232 e. The molecule has 1 aromatic heterocycles. The minimum Gasteiger partial charge on any atom is -0.379 e. The first kappa shape index (κ1) is 17.0. The van der Waals surface area contributed by atoms with Gasteiger partial charge in [0.2, 0.25) is 11.8 Å². The van der Waals surface area contributed by atoms with Gasteiger partial charge in [-0.25, -0.2) is 0 Å². The van der Waals surface area contributed by atoms with Crippen molar-refractivity contribution in [3.63, 3.8) is 0 Å². The Kier molecular flexibility index (Phi) is 5.31. The Morgan fingerprint density at radius 3 is 2.72 bits per heavy atom. The number of aromatic nitrogens is 2. The van der Waals surface area contributed by atoms with Crippen LogP contribution in [0.2, 0.25) is 0 Å². The van der Waals surface area contributed by atoms with E-state index in [0.29, 0.717) is 24.8 Å². The van der Waals surface area contributed by atoms with Gasteiger partial charge < -0.3 is 14.2 Å². The second kappa shape index (κ2) is 7.83. The van der Waals surface area contributed by atoms with Crippen molar-refractivity contribution >= 4 is 5.91 Å². The Balaban J connectivity index is 1.28. The third kappa shape index (κ3) is 4.20. The molecule has 1 aliphatic carbocycles. The van der Waals surface area contributed by atoms with E-state index in [1.54, 1.807) is 0 Å². The van der Waals surface area contributed by atoms with Crippen molar-refractivity contribution in [2.45, 2.75) is 44.4 Å². The molecule has 4 rings (SSSR count). The van der Waals surface area contributed by atoms with E-state index in [4.69, 9.17) is 9.26 Å². The van der Waals surface area contributed by atoms with Gasteiger partial charge in [-0.05, 0) is 5.92 Å². The molecule has 7 nitrogen and oxygen atoms in total. The third-order valence-electron chi connectivity index (χ3n) is 5.78. The zero-order valence-electron chi connectivity index (χ0n) is 14.9. The summed E-state index contributed by atoms with van der Waals surface area (Å²) in [5, 5.41) is 4.16. The number of likely N-dealkylation sites (tertiary alicyclic amines) is 1. The second-order valence-corrected chi connectivity index (χ2v) is 7.60. The Hall–Kier alpha value is -1.47. The fraction of sp³-hybridized carbons (Fsp3) is 0.833. The molecule has 2 aliphatic heterocycles. The number of hydrogen-bond acceptors (Lipinski definition) is 6. The van der Waals surface area contributed by atoms with E-state index in [9.17, 15) is 4.79 Å². The highest BCUT2D eigenvalue weighted by atomic mass is 16.5. The van der Waals surface area contributed by atoms with Gasteiger partial charge in [0.1, 0.15) is 0 Å². The van der Waals surface area contributed by atoms with E-state index in [2.05, 4.69) is 15.0 Å². The Morgan fingerprint density at radius 1 is 1.12 bits per heavy atom. The highest BCUT2D eigenvalue weighted by Gasteiger charge is 2.34. The average Bonchev–Trinajstić information content (AvgIpc) is 3.36. The van der Waals surface area contributed by atoms with Crippen molar-refractivity contribution in [3.8, 4) is 0 Å². The summed E-state index contributed by atoms with van der Waals surface area (Å²) in [6.45, 7) is 5.90. The Morgan fingerprint density at radius 2 is 1.92 bits per heavy atom. The van der Waals surface area contributed by atoms with Crippen LogP contribution in [0.15, 0.2) is 4.52 Å². The van der Waals surface area contributed by atoms with Crippen molar-refractivity contribution in [1.29, 1.82) is 0 Å². The van der Waals surface area contributed by atoms with Crippen molar-refractivity contribution in [3.05, 3.63) is 11.7 Å². The molecule has 25 heavy (non-hydrogen) atoms. The Bertz CT molecular complexity index is 579. The zero-order valence-corrected chi connectivity index (χ0v) is 14.9. The van der Waals surface area contributed by atoms with Crippen LogP contribution in [0.3, 0.4) is 0 Å². The topological polar surface area (TPSA) is 71.7 Å². The number of carbonyl (C=O) groups is 1. The predicted octanol–water partition coefficient (Wildman–Crippen LogP) is 1.45. The molecule has 3 heterocycles. The molecule has 3 aliphatic rings. The Labute approximate surface area is 148 Å². The van der Waals surface area contributed by atoms with Crippen LogP contribution in [-0.2, 0) is 16.0 Å². The van der Waals surface area contributed by atoms with Crippen LogP contribution >= 0.6 is 0 Å². The molecule has 7 heteroatoms. The lowest BCUT2D eigenvalue weighted by Gasteiger charge is -2.28. The van der Waals surface area contributed by atoms with E-state index in [1.165, 1.54) is 25.7 Å². The summed E-state index contributed by atoms with van der Waals surface area (Å²) >= 11 is 0. The van der Waals surface area contributed by atoms with Gasteiger partial charge in [0.05, 0.1) is 19.1 Å². The molecule has 3 fully saturated rings. The number of hydrogen-bond donors (Lipinski definition) is 0. The number of nitrogens with zero attached hydrogens (tertiary/aromatic N) is 4. The summed E-state index contributed by atoms with van der Waals surface area (Å²) in [5.74, 6) is 2.44. The summed E-state index contributed by atoms with van der Waals surface area (Å²) in [6, 6.07) is 0. The maximum Gasteiger partial charge on any atom is 0.232 e. The summed E-state index contributed by atoms with van der Waals surface area (Å²) in [6.07, 6.45) is 6.62. The predicted molar refractivity (Wildman–Crippen MR) is 91.2 cm³/mol. The number of carbonyl (C=O) groups excluding carboxylic acids is 1. The molecule has 1 amide bonds. The van der Waals surface area contributed by atoms with E-state index in [-0.39, 0.29) is 11.8 Å². The average molecular weight is 348 g/mol. The molecule has 138 valence electrons. The van der Waals surface area contributed by atoms with Crippen LogP contribution in [0.1, 0.15) is 49.7 Å². The van der Waals surface area contributed by atoms with Gasteiger partial charge in [-0.15, -0.1) is 0 Å². The van der Waals surface area contributed by atoms with E-state index < -0.39 is 0 Å². The first-order chi connectivity index (χ1) is 12.3. The SMILES string of the molecule is O=C1CC(c2nc(CC3CCCC3)no2)CN1CCN1CCOCC1. The number of rotatable bonds is 6. The second-order valence-electron chi connectivity index (χ2n) is 7.60. The van der Waals surface area contributed by atoms with Gasteiger partial charge >= 0.3 is 0 Å². The van der Waals surface area contributed by atoms with Crippen LogP contribution in [0.4, 0.5) is 0 Å². The largest absolute Gasteiger partial charge is 0.379 e. The van der Waals surface area contributed by atoms with Crippen molar-refractivity contribution in [1.82, 2.24) is 19.9 Å². The van der Waals surface area contributed by atoms with Crippen molar-refractivity contribution < 1.29 is 14.1 Å². The fourth-order valence-corrected chi connectivity index (χ4v) is 4.23. The summed E-state index contributed by atoms with van der Waals surface area (Å²) in [4.78, 5) is 21.2. The number of amides is 1. The quantitative estimate of drug-likeness (QED) is 0.775. The molecular weight excluding hydrogens is 320 g/mol. The van der Waals surface area contributed by atoms with Crippen LogP contribution in [0.5, 0.6) is 0 Å². The fourth-order valence-electron chi connectivity index (χ4n) is 4.23. The molecule has 2 saturated heterocycles. The van der Waals surface area contributed by atoms with Gasteiger partial charge in [0, 0.05) is 45.6 Å². The molecule has 1 saturated carbocycles. The highest BCUT2D eigenvalue weighted by molar-refractivity contribution is 5.79. The van der Waals surface area contributed by atoms with Crippen molar-refractivity contribution in [2.24, 2.45) is 5.92 Å². The first-order valence-corrected chi connectivity index (χ1v) is 9.68.